The zero-order chi connectivity index (χ0) is 20.4. The molecule has 0 aliphatic rings. The number of fused-ring (bicyclic) bond motifs is 1. The van der Waals surface area contributed by atoms with Crippen LogP contribution < -0.4 is 10.3 Å². The van der Waals surface area contributed by atoms with E-state index in [-0.39, 0.29) is 11.1 Å². The van der Waals surface area contributed by atoms with Gasteiger partial charge in [0.25, 0.3) is 5.56 Å². The summed E-state index contributed by atoms with van der Waals surface area (Å²) in [4.78, 5) is 38.1. The highest BCUT2D eigenvalue weighted by Crippen LogP contribution is 2.33. The van der Waals surface area contributed by atoms with Gasteiger partial charge in [-0.05, 0) is 42.3 Å². The molecular weight excluding hydrogens is 372 g/mol. The van der Waals surface area contributed by atoms with E-state index in [1.807, 2.05) is 31.2 Å². The first-order chi connectivity index (χ1) is 14.1. The number of hydrogen-bond donors (Lipinski definition) is 2. The van der Waals surface area contributed by atoms with E-state index in [9.17, 15) is 9.59 Å². The van der Waals surface area contributed by atoms with Crippen LogP contribution in [0.2, 0.25) is 0 Å². The molecule has 2 aromatic carbocycles. The zero-order valence-electron chi connectivity index (χ0n) is 15.9. The first-order valence-corrected chi connectivity index (χ1v) is 9.00. The molecule has 0 unspecified atom stereocenters. The second kappa shape index (κ2) is 7.59. The van der Waals surface area contributed by atoms with Crippen LogP contribution in [-0.4, -0.2) is 39.6 Å². The summed E-state index contributed by atoms with van der Waals surface area (Å²) in [6.07, 6.45) is 1.43. The van der Waals surface area contributed by atoms with E-state index >= 15 is 0 Å². The molecule has 146 valence electrons. The molecule has 29 heavy (non-hydrogen) atoms. The van der Waals surface area contributed by atoms with Crippen molar-refractivity contribution in [3.8, 4) is 28.3 Å². The molecule has 0 saturated carbocycles. The van der Waals surface area contributed by atoms with Crippen molar-refractivity contribution in [1.82, 2.24) is 19.9 Å². The molecule has 0 amide bonds. The zero-order valence-corrected chi connectivity index (χ0v) is 15.9. The Morgan fingerprint density at radius 2 is 1.97 bits per heavy atom. The third-order valence-corrected chi connectivity index (χ3v) is 4.44. The minimum Gasteiger partial charge on any atom is -0.493 e. The number of hydrogen-bond acceptors (Lipinski definition) is 6. The summed E-state index contributed by atoms with van der Waals surface area (Å²) in [5.41, 5.74) is 3.13. The molecule has 0 bridgehead atoms. The van der Waals surface area contributed by atoms with E-state index in [0.717, 1.165) is 11.1 Å². The Morgan fingerprint density at radius 1 is 1.14 bits per heavy atom. The first-order valence-electron chi connectivity index (χ1n) is 9.00. The number of ether oxygens (including phenoxy) is 2. The van der Waals surface area contributed by atoms with E-state index in [4.69, 9.17) is 9.47 Å². The van der Waals surface area contributed by atoms with Gasteiger partial charge in [-0.3, -0.25) is 4.79 Å². The lowest BCUT2D eigenvalue weighted by Crippen LogP contribution is -2.10. The molecule has 0 saturated heterocycles. The number of aromatic nitrogens is 4. The molecule has 8 heteroatoms. The highest BCUT2D eigenvalue weighted by atomic mass is 16.5. The van der Waals surface area contributed by atoms with Crippen LogP contribution in [0, 0.1) is 0 Å². The van der Waals surface area contributed by atoms with Crippen molar-refractivity contribution in [3.05, 3.63) is 64.7 Å². The maximum Gasteiger partial charge on any atom is 0.337 e. The second-order valence-corrected chi connectivity index (χ2v) is 6.23. The third kappa shape index (κ3) is 3.47. The molecule has 0 atom stereocenters. The maximum absolute atomic E-state index is 12.3. The highest BCUT2D eigenvalue weighted by Gasteiger charge is 2.14. The number of esters is 1. The molecule has 0 spiro atoms. The number of nitrogens with one attached hydrogen (secondary N) is 2. The highest BCUT2D eigenvalue weighted by molar-refractivity contribution is 5.91. The van der Waals surface area contributed by atoms with Crippen LogP contribution in [0.4, 0.5) is 0 Å². The maximum atomic E-state index is 12.3. The number of H-pyrrole nitrogens is 2. The monoisotopic (exact) mass is 390 g/mol. The average molecular weight is 390 g/mol. The summed E-state index contributed by atoms with van der Waals surface area (Å²) < 4.78 is 10.6. The summed E-state index contributed by atoms with van der Waals surface area (Å²) in [5, 5.41) is 0. The molecule has 2 aromatic heterocycles. The number of methoxy groups -OCH3 is 1. The number of aromatic amines is 2. The largest absolute Gasteiger partial charge is 0.493 e. The van der Waals surface area contributed by atoms with Gasteiger partial charge in [-0.15, -0.1) is 0 Å². The van der Waals surface area contributed by atoms with E-state index < -0.39 is 5.97 Å². The molecule has 0 aliphatic heterocycles. The van der Waals surface area contributed by atoms with Gasteiger partial charge in [-0.25, -0.2) is 14.8 Å². The van der Waals surface area contributed by atoms with E-state index in [0.29, 0.717) is 35.0 Å². The van der Waals surface area contributed by atoms with Crippen molar-refractivity contribution >= 4 is 17.1 Å². The van der Waals surface area contributed by atoms with Crippen LogP contribution >= 0.6 is 0 Å². The standard InChI is InChI=1S/C21H18N4O4/c1-3-29-16-10-13(12-5-4-6-14(9-12)21(27)28-2)7-8-15(16)18-24-19-17(20(26)25-18)22-11-23-19/h4-11H,3H2,1-2H3,(H2,22,23,24,25,26). The average Bonchev–Trinajstić information content (AvgIpc) is 3.23. The molecule has 4 rings (SSSR count). The fourth-order valence-electron chi connectivity index (χ4n) is 3.09. The van der Waals surface area contributed by atoms with Gasteiger partial charge in [0.1, 0.15) is 11.6 Å². The van der Waals surface area contributed by atoms with Crippen LogP contribution in [-0.2, 0) is 4.74 Å². The normalized spacial score (nSPS) is 10.8. The Morgan fingerprint density at radius 3 is 2.76 bits per heavy atom. The molecule has 0 aliphatic carbocycles. The Hall–Kier alpha value is -3.94. The lowest BCUT2D eigenvalue weighted by molar-refractivity contribution is 0.0601. The van der Waals surface area contributed by atoms with Crippen LogP contribution in [0.15, 0.2) is 53.6 Å². The predicted molar refractivity (Wildman–Crippen MR) is 108 cm³/mol. The predicted octanol–water partition coefficient (Wildman–Crippen LogP) is 3.17. The summed E-state index contributed by atoms with van der Waals surface area (Å²) in [6, 6.07) is 12.7. The first kappa shape index (κ1) is 18.4. The topological polar surface area (TPSA) is 110 Å². The van der Waals surface area contributed by atoms with E-state index in [2.05, 4.69) is 19.9 Å². The van der Waals surface area contributed by atoms with Crippen LogP contribution in [0.1, 0.15) is 17.3 Å². The van der Waals surface area contributed by atoms with Crippen LogP contribution in [0.5, 0.6) is 5.75 Å². The van der Waals surface area contributed by atoms with Gasteiger partial charge >= 0.3 is 5.97 Å². The number of carbonyl (C=O) groups is 1. The molecule has 2 heterocycles. The number of carbonyl (C=O) groups excluding carboxylic acids is 1. The lowest BCUT2D eigenvalue weighted by atomic mass is 10.0. The summed E-state index contributed by atoms with van der Waals surface area (Å²) in [5.74, 6) is 0.545. The quantitative estimate of drug-likeness (QED) is 0.507. The van der Waals surface area contributed by atoms with Crippen molar-refractivity contribution in [2.75, 3.05) is 13.7 Å². The minimum atomic E-state index is -0.400. The molecular formula is C21H18N4O4. The van der Waals surface area contributed by atoms with Crippen LogP contribution in [0.25, 0.3) is 33.7 Å². The molecule has 8 nitrogen and oxygen atoms in total. The Bertz CT molecular complexity index is 1260. The molecule has 0 fully saturated rings. The fraction of sp³-hybridized carbons (Fsp3) is 0.143. The second-order valence-electron chi connectivity index (χ2n) is 6.23. The van der Waals surface area contributed by atoms with E-state index in [1.54, 1.807) is 18.2 Å². The number of benzene rings is 2. The van der Waals surface area contributed by atoms with Crippen molar-refractivity contribution in [3.63, 3.8) is 0 Å². The van der Waals surface area contributed by atoms with Crippen molar-refractivity contribution in [2.24, 2.45) is 0 Å². The minimum absolute atomic E-state index is 0.253. The number of nitrogens with zero attached hydrogens (tertiary/aromatic N) is 2. The van der Waals surface area contributed by atoms with Gasteiger partial charge in [0.2, 0.25) is 0 Å². The van der Waals surface area contributed by atoms with Gasteiger partial charge in [0, 0.05) is 0 Å². The van der Waals surface area contributed by atoms with Gasteiger partial charge in [0.05, 0.1) is 31.2 Å². The van der Waals surface area contributed by atoms with Gasteiger partial charge in [0.15, 0.2) is 11.2 Å². The van der Waals surface area contributed by atoms with E-state index in [1.165, 1.54) is 13.4 Å². The lowest BCUT2D eigenvalue weighted by Gasteiger charge is -2.12. The Labute approximate surface area is 165 Å². The Balaban J connectivity index is 1.81. The van der Waals surface area contributed by atoms with Crippen LogP contribution in [0.3, 0.4) is 0 Å². The summed E-state index contributed by atoms with van der Waals surface area (Å²) in [7, 11) is 1.35. The van der Waals surface area contributed by atoms with Gasteiger partial charge in [-0.2, -0.15) is 0 Å². The molecule has 0 radical (unpaired) electrons. The molecule has 2 N–H and O–H groups in total. The fourth-order valence-corrected chi connectivity index (χ4v) is 3.09. The Kier molecular flexibility index (Phi) is 4.82. The van der Waals surface area contributed by atoms with Gasteiger partial charge < -0.3 is 19.4 Å². The number of imidazole rings is 1. The van der Waals surface area contributed by atoms with Crippen molar-refractivity contribution < 1.29 is 14.3 Å². The van der Waals surface area contributed by atoms with Crippen molar-refractivity contribution in [2.45, 2.75) is 6.92 Å². The number of rotatable bonds is 5. The summed E-state index contributed by atoms with van der Waals surface area (Å²) in [6.45, 7) is 2.32. The summed E-state index contributed by atoms with van der Waals surface area (Å²) >= 11 is 0. The smallest absolute Gasteiger partial charge is 0.337 e. The molecule has 4 aromatic rings. The SMILES string of the molecule is CCOc1cc(-c2cccc(C(=O)OC)c2)ccc1-c1nc2[nH]cnc2c(=O)[nH]1. The third-order valence-electron chi connectivity index (χ3n) is 4.44. The van der Waals surface area contributed by atoms with Gasteiger partial charge in [-0.1, -0.05) is 18.2 Å². The van der Waals surface area contributed by atoms with Crippen molar-refractivity contribution in [1.29, 1.82) is 0 Å².